The molecule has 6 heteroatoms. The number of halogens is 1. The van der Waals surface area contributed by atoms with E-state index in [9.17, 15) is 4.39 Å². The Kier molecular flexibility index (Phi) is 3.35. The summed E-state index contributed by atoms with van der Waals surface area (Å²) < 4.78 is 13.6. The SMILES string of the molecule is NNc1nc(Cc2ccccc2F)nc2c1CSC2. The van der Waals surface area contributed by atoms with E-state index in [-0.39, 0.29) is 5.82 Å². The standard InChI is InChI=1S/C13H13FN4S/c14-10-4-2-1-3-8(10)5-12-16-11-7-19-6-9(11)13(17-12)18-15/h1-4H,5-7,15H2,(H,16,17,18). The molecule has 0 aliphatic carbocycles. The maximum absolute atomic E-state index is 13.6. The van der Waals surface area contributed by atoms with Crippen molar-refractivity contribution in [2.75, 3.05) is 5.43 Å². The molecule has 0 radical (unpaired) electrons. The summed E-state index contributed by atoms with van der Waals surface area (Å²) in [5.41, 5.74) is 5.26. The number of aromatic nitrogens is 2. The van der Waals surface area contributed by atoms with Gasteiger partial charge < -0.3 is 5.43 Å². The Morgan fingerprint density at radius 2 is 2.11 bits per heavy atom. The van der Waals surface area contributed by atoms with Crippen molar-refractivity contribution in [2.24, 2.45) is 5.84 Å². The van der Waals surface area contributed by atoms with E-state index >= 15 is 0 Å². The summed E-state index contributed by atoms with van der Waals surface area (Å²) in [6.07, 6.45) is 0.374. The van der Waals surface area contributed by atoms with E-state index in [2.05, 4.69) is 15.4 Å². The Morgan fingerprint density at radius 3 is 2.89 bits per heavy atom. The second-order valence-corrected chi connectivity index (χ2v) is 5.30. The van der Waals surface area contributed by atoms with Crippen molar-refractivity contribution in [1.29, 1.82) is 0 Å². The highest BCUT2D eigenvalue weighted by atomic mass is 32.2. The molecule has 0 saturated heterocycles. The first-order chi connectivity index (χ1) is 9.28. The highest BCUT2D eigenvalue weighted by molar-refractivity contribution is 7.98. The molecule has 1 aromatic heterocycles. The van der Waals surface area contributed by atoms with Crippen LogP contribution in [-0.4, -0.2) is 9.97 Å². The minimum absolute atomic E-state index is 0.233. The second kappa shape index (κ2) is 5.14. The number of rotatable bonds is 3. The average Bonchev–Trinajstić information content (AvgIpc) is 2.89. The van der Waals surface area contributed by atoms with Crippen LogP contribution in [0.4, 0.5) is 10.2 Å². The number of benzene rings is 1. The van der Waals surface area contributed by atoms with Crippen molar-refractivity contribution in [3.63, 3.8) is 0 Å². The lowest BCUT2D eigenvalue weighted by Gasteiger charge is -2.09. The van der Waals surface area contributed by atoms with E-state index in [1.165, 1.54) is 6.07 Å². The Bertz CT molecular complexity index is 618. The number of nitrogens with one attached hydrogen (secondary N) is 1. The summed E-state index contributed by atoms with van der Waals surface area (Å²) in [5.74, 6) is 8.24. The van der Waals surface area contributed by atoms with Gasteiger partial charge in [0.2, 0.25) is 0 Å². The summed E-state index contributed by atoms with van der Waals surface area (Å²) >= 11 is 1.78. The van der Waals surface area contributed by atoms with Crippen LogP contribution in [0.5, 0.6) is 0 Å². The zero-order valence-electron chi connectivity index (χ0n) is 10.2. The van der Waals surface area contributed by atoms with Crippen molar-refractivity contribution in [1.82, 2.24) is 9.97 Å². The molecule has 1 aromatic carbocycles. The first-order valence-electron chi connectivity index (χ1n) is 5.94. The predicted octanol–water partition coefficient (Wildman–Crippen LogP) is 2.24. The minimum atomic E-state index is -0.233. The third-order valence-electron chi connectivity index (χ3n) is 3.07. The van der Waals surface area contributed by atoms with Gasteiger partial charge in [-0.15, -0.1) is 0 Å². The van der Waals surface area contributed by atoms with Gasteiger partial charge in [0, 0.05) is 23.5 Å². The van der Waals surface area contributed by atoms with Gasteiger partial charge >= 0.3 is 0 Å². The summed E-state index contributed by atoms with van der Waals surface area (Å²) in [4.78, 5) is 8.88. The monoisotopic (exact) mass is 276 g/mol. The lowest BCUT2D eigenvalue weighted by Crippen LogP contribution is -2.14. The smallest absolute Gasteiger partial charge is 0.148 e. The number of nitrogen functional groups attached to an aromatic ring is 1. The van der Waals surface area contributed by atoms with Gasteiger partial charge in [0.1, 0.15) is 17.5 Å². The number of hydrogen-bond donors (Lipinski definition) is 2. The Labute approximate surface area is 114 Å². The number of anilines is 1. The number of nitrogens with zero attached hydrogens (tertiary/aromatic N) is 2. The van der Waals surface area contributed by atoms with E-state index in [0.29, 0.717) is 23.6 Å². The van der Waals surface area contributed by atoms with Crippen LogP contribution in [0.1, 0.15) is 22.6 Å². The number of hydrazine groups is 1. The molecule has 0 bridgehead atoms. The summed E-state index contributed by atoms with van der Waals surface area (Å²) in [5, 5.41) is 0. The molecule has 2 aromatic rings. The highest BCUT2D eigenvalue weighted by Gasteiger charge is 2.19. The van der Waals surface area contributed by atoms with Crippen LogP contribution < -0.4 is 11.3 Å². The molecule has 0 fully saturated rings. The van der Waals surface area contributed by atoms with Crippen LogP contribution in [0.2, 0.25) is 0 Å². The number of hydrogen-bond acceptors (Lipinski definition) is 5. The predicted molar refractivity (Wildman–Crippen MR) is 74.0 cm³/mol. The minimum Gasteiger partial charge on any atom is -0.308 e. The molecular formula is C13H13FN4S. The topological polar surface area (TPSA) is 63.8 Å². The molecule has 3 N–H and O–H groups in total. The zero-order chi connectivity index (χ0) is 13.2. The van der Waals surface area contributed by atoms with Crippen molar-refractivity contribution in [3.05, 3.63) is 52.7 Å². The maximum atomic E-state index is 13.6. The van der Waals surface area contributed by atoms with Gasteiger partial charge in [-0.2, -0.15) is 11.8 Å². The van der Waals surface area contributed by atoms with Gasteiger partial charge in [-0.3, -0.25) is 0 Å². The first-order valence-corrected chi connectivity index (χ1v) is 7.10. The summed E-state index contributed by atoms with van der Waals surface area (Å²) in [6, 6.07) is 6.67. The summed E-state index contributed by atoms with van der Waals surface area (Å²) in [7, 11) is 0. The van der Waals surface area contributed by atoms with Crippen LogP contribution in [-0.2, 0) is 17.9 Å². The van der Waals surface area contributed by atoms with Gasteiger partial charge in [0.05, 0.1) is 5.69 Å². The molecule has 98 valence electrons. The quantitative estimate of drug-likeness (QED) is 0.665. The first kappa shape index (κ1) is 12.4. The second-order valence-electron chi connectivity index (χ2n) is 4.32. The van der Waals surface area contributed by atoms with Crippen LogP contribution in [0.25, 0.3) is 0 Å². The lowest BCUT2D eigenvalue weighted by molar-refractivity contribution is 0.612. The molecule has 0 spiro atoms. The van der Waals surface area contributed by atoms with Gasteiger partial charge in [-0.05, 0) is 11.6 Å². The Balaban J connectivity index is 1.96. The molecule has 0 amide bonds. The van der Waals surface area contributed by atoms with Crippen molar-refractivity contribution < 1.29 is 4.39 Å². The third kappa shape index (κ3) is 2.41. The molecular weight excluding hydrogens is 263 g/mol. The molecule has 0 unspecified atom stereocenters. The van der Waals surface area contributed by atoms with Gasteiger partial charge in [-0.25, -0.2) is 20.2 Å². The zero-order valence-corrected chi connectivity index (χ0v) is 11.0. The van der Waals surface area contributed by atoms with Gasteiger partial charge in [-0.1, -0.05) is 18.2 Å². The largest absolute Gasteiger partial charge is 0.308 e. The summed E-state index contributed by atoms with van der Waals surface area (Å²) in [6.45, 7) is 0. The average molecular weight is 276 g/mol. The van der Waals surface area contributed by atoms with Gasteiger partial charge in [0.25, 0.3) is 0 Å². The van der Waals surface area contributed by atoms with E-state index in [1.54, 1.807) is 23.9 Å². The van der Waals surface area contributed by atoms with Crippen molar-refractivity contribution >= 4 is 17.6 Å². The van der Waals surface area contributed by atoms with E-state index in [1.807, 2.05) is 6.07 Å². The maximum Gasteiger partial charge on any atom is 0.148 e. The molecule has 0 atom stereocenters. The van der Waals surface area contributed by atoms with E-state index in [0.717, 1.165) is 22.8 Å². The molecule has 2 heterocycles. The van der Waals surface area contributed by atoms with Crippen LogP contribution in [0, 0.1) is 5.82 Å². The van der Waals surface area contributed by atoms with Crippen LogP contribution >= 0.6 is 11.8 Å². The number of nitrogens with two attached hydrogens (primary N) is 1. The van der Waals surface area contributed by atoms with Crippen molar-refractivity contribution in [2.45, 2.75) is 17.9 Å². The number of fused-ring (bicyclic) bond motifs is 1. The van der Waals surface area contributed by atoms with Crippen LogP contribution in [0.3, 0.4) is 0 Å². The van der Waals surface area contributed by atoms with E-state index < -0.39 is 0 Å². The number of thioether (sulfide) groups is 1. The fourth-order valence-electron chi connectivity index (χ4n) is 2.11. The lowest BCUT2D eigenvalue weighted by atomic mass is 10.1. The normalized spacial score (nSPS) is 13.4. The fourth-order valence-corrected chi connectivity index (χ4v) is 3.15. The highest BCUT2D eigenvalue weighted by Crippen LogP contribution is 2.32. The van der Waals surface area contributed by atoms with E-state index in [4.69, 9.17) is 5.84 Å². The molecule has 0 saturated carbocycles. The van der Waals surface area contributed by atoms with Crippen molar-refractivity contribution in [3.8, 4) is 0 Å². The third-order valence-corrected chi connectivity index (χ3v) is 4.04. The van der Waals surface area contributed by atoms with Crippen LogP contribution in [0.15, 0.2) is 24.3 Å². The molecule has 4 nitrogen and oxygen atoms in total. The Morgan fingerprint density at radius 1 is 1.26 bits per heavy atom. The Hall–Kier alpha value is -1.66. The molecule has 3 rings (SSSR count). The molecule has 1 aliphatic rings. The molecule has 19 heavy (non-hydrogen) atoms. The molecule has 1 aliphatic heterocycles. The fraction of sp³-hybridized carbons (Fsp3) is 0.231. The van der Waals surface area contributed by atoms with Gasteiger partial charge in [0.15, 0.2) is 0 Å².